The van der Waals surface area contributed by atoms with Crippen molar-refractivity contribution in [1.29, 1.82) is 5.26 Å². The summed E-state index contributed by atoms with van der Waals surface area (Å²) in [6.45, 7) is 3.60. The van der Waals surface area contributed by atoms with Gasteiger partial charge in [-0.3, -0.25) is 0 Å². The molecule has 0 spiro atoms. The zero-order valence-electron chi connectivity index (χ0n) is 9.27. The van der Waals surface area contributed by atoms with Crippen LogP contribution in [0.4, 0.5) is 4.39 Å². The van der Waals surface area contributed by atoms with Crippen LogP contribution in [-0.4, -0.2) is 16.5 Å². The fraction of sp³-hybridized carbons (Fsp3) is 0.417. The first-order valence-corrected chi connectivity index (χ1v) is 6.08. The highest BCUT2D eigenvalue weighted by atomic mass is 32.2. The molecule has 2 nitrogen and oxygen atoms in total. The fourth-order valence-electron chi connectivity index (χ4n) is 1.14. The van der Waals surface area contributed by atoms with Crippen molar-refractivity contribution in [3.63, 3.8) is 0 Å². The standard InChI is InChI=1S/C12H14FNOS/c1-8(15)9(2)16-7-11-5-3-4-10(6-14)12(11)13/h3-5,8-9,15H,7H2,1-2H3. The van der Waals surface area contributed by atoms with Gasteiger partial charge in [0.05, 0.1) is 11.7 Å². The Morgan fingerprint density at radius 2 is 2.19 bits per heavy atom. The Kier molecular flexibility index (Phi) is 4.78. The normalized spacial score (nSPS) is 14.2. The maximum atomic E-state index is 13.6. The Balaban J connectivity index is 2.72. The predicted molar refractivity (Wildman–Crippen MR) is 63.6 cm³/mol. The molecule has 0 aliphatic carbocycles. The molecule has 0 bridgehead atoms. The Morgan fingerprint density at radius 1 is 1.50 bits per heavy atom. The van der Waals surface area contributed by atoms with Crippen molar-refractivity contribution in [2.45, 2.75) is 31.0 Å². The number of nitrogens with zero attached hydrogens (tertiary/aromatic N) is 1. The smallest absolute Gasteiger partial charge is 0.144 e. The Morgan fingerprint density at radius 3 is 2.75 bits per heavy atom. The maximum Gasteiger partial charge on any atom is 0.144 e. The van der Waals surface area contributed by atoms with Crippen LogP contribution in [0.1, 0.15) is 25.0 Å². The van der Waals surface area contributed by atoms with Gasteiger partial charge in [-0.2, -0.15) is 17.0 Å². The summed E-state index contributed by atoms with van der Waals surface area (Å²) in [4.78, 5) is 0. The van der Waals surface area contributed by atoms with E-state index in [1.165, 1.54) is 17.8 Å². The molecular weight excluding hydrogens is 225 g/mol. The van der Waals surface area contributed by atoms with Crippen molar-refractivity contribution in [3.8, 4) is 6.07 Å². The van der Waals surface area contributed by atoms with E-state index >= 15 is 0 Å². The average molecular weight is 239 g/mol. The highest BCUT2D eigenvalue weighted by Crippen LogP contribution is 2.23. The first kappa shape index (κ1) is 13.0. The molecule has 0 aliphatic rings. The number of nitriles is 1. The summed E-state index contributed by atoms with van der Waals surface area (Å²) in [7, 11) is 0. The summed E-state index contributed by atoms with van der Waals surface area (Å²) in [6, 6.07) is 6.61. The van der Waals surface area contributed by atoms with Gasteiger partial charge in [-0.1, -0.05) is 19.1 Å². The summed E-state index contributed by atoms with van der Waals surface area (Å²) in [5.41, 5.74) is 0.583. The molecule has 1 aromatic rings. The van der Waals surface area contributed by atoms with Crippen LogP contribution in [-0.2, 0) is 5.75 Å². The van der Waals surface area contributed by atoms with Crippen molar-refractivity contribution in [2.24, 2.45) is 0 Å². The molecule has 1 aromatic carbocycles. The van der Waals surface area contributed by atoms with Crippen LogP contribution in [0.2, 0.25) is 0 Å². The summed E-state index contributed by atoms with van der Waals surface area (Å²) in [5.74, 6) is 0.0169. The Bertz CT molecular complexity index is 400. The van der Waals surface area contributed by atoms with Crippen LogP contribution in [0.25, 0.3) is 0 Å². The largest absolute Gasteiger partial charge is 0.392 e. The van der Waals surface area contributed by atoms with Gasteiger partial charge in [0.25, 0.3) is 0 Å². The lowest BCUT2D eigenvalue weighted by atomic mass is 10.1. The molecule has 1 rings (SSSR count). The number of hydrogen-bond acceptors (Lipinski definition) is 3. The van der Waals surface area contributed by atoms with Crippen LogP contribution in [0, 0.1) is 17.1 Å². The maximum absolute atomic E-state index is 13.6. The number of aliphatic hydroxyl groups excluding tert-OH is 1. The minimum atomic E-state index is -0.449. The third-order valence-electron chi connectivity index (χ3n) is 2.38. The number of halogens is 1. The van der Waals surface area contributed by atoms with Crippen molar-refractivity contribution in [1.82, 2.24) is 0 Å². The fourth-order valence-corrected chi connectivity index (χ4v) is 2.08. The lowest BCUT2D eigenvalue weighted by Crippen LogP contribution is -2.15. The van der Waals surface area contributed by atoms with E-state index < -0.39 is 11.9 Å². The molecule has 2 atom stereocenters. The first-order valence-electron chi connectivity index (χ1n) is 5.03. The second kappa shape index (κ2) is 5.88. The van der Waals surface area contributed by atoms with Crippen molar-refractivity contribution < 1.29 is 9.50 Å². The number of benzene rings is 1. The molecule has 86 valence electrons. The zero-order chi connectivity index (χ0) is 12.1. The summed E-state index contributed by atoms with van der Waals surface area (Å²) >= 11 is 1.47. The zero-order valence-corrected chi connectivity index (χ0v) is 10.1. The molecule has 1 N–H and O–H groups in total. The van der Waals surface area contributed by atoms with Gasteiger partial charge in [0.15, 0.2) is 0 Å². The van der Waals surface area contributed by atoms with Crippen molar-refractivity contribution in [3.05, 3.63) is 35.1 Å². The van der Waals surface area contributed by atoms with E-state index in [-0.39, 0.29) is 10.8 Å². The number of rotatable bonds is 4. The molecule has 0 aliphatic heterocycles. The van der Waals surface area contributed by atoms with Gasteiger partial charge in [-0.15, -0.1) is 0 Å². The predicted octanol–water partition coefficient (Wildman–Crippen LogP) is 2.70. The van der Waals surface area contributed by atoms with Crippen LogP contribution in [0.15, 0.2) is 18.2 Å². The van der Waals surface area contributed by atoms with Crippen molar-refractivity contribution in [2.75, 3.05) is 0 Å². The second-order valence-corrected chi connectivity index (χ2v) is 5.01. The SMILES string of the molecule is CC(O)C(C)SCc1cccc(C#N)c1F. The molecule has 0 radical (unpaired) electrons. The topological polar surface area (TPSA) is 44.0 Å². The van der Waals surface area contributed by atoms with Gasteiger partial charge in [0.1, 0.15) is 11.9 Å². The molecule has 0 heterocycles. The highest BCUT2D eigenvalue weighted by Gasteiger charge is 2.12. The Hall–Kier alpha value is -1.05. The first-order chi connectivity index (χ1) is 7.56. The number of hydrogen-bond donors (Lipinski definition) is 1. The van der Waals surface area contributed by atoms with Gasteiger partial charge < -0.3 is 5.11 Å². The third kappa shape index (κ3) is 3.22. The molecular formula is C12H14FNOS. The average Bonchev–Trinajstić information content (AvgIpc) is 2.27. The monoisotopic (exact) mass is 239 g/mol. The van der Waals surface area contributed by atoms with E-state index in [9.17, 15) is 9.50 Å². The molecule has 16 heavy (non-hydrogen) atoms. The van der Waals surface area contributed by atoms with Gasteiger partial charge in [-0.05, 0) is 18.6 Å². The van der Waals surface area contributed by atoms with Gasteiger partial charge in [-0.25, -0.2) is 4.39 Å². The van der Waals surface area contributed by atoms with E-state index in [0.29, 0.717) is 11.3 Å². The molecule has 0 amide bonds. The Labute approximate surface area is 99.1 Å². The third-order valence-corrected chi connectivity index (χ3v) is 3.78. The van der Waals surface area contributed by atoms with E-state index in [1.807, 2.05) is 13.0 Å². The van der Waals surface area contributed by atoms with E-state index in [4.69, 9.17) is 5.26 Å². The number of thioether (sulfide) groups is 1. The highest BCUT2D eigenvalue weighted by molar-refractivity contribution is 7.99. The quantitative estimate of drug-likeness (QED) is 0.878. The van der Waals surface area contributed by atoms with Crippen LogP contribution in [0.5, 0.6) is 0 Å². The molecule has 0 aromatic heterocycles. The summed E-state index contributed by atoms with van der Waals surface area (Å²) in [6.07, 6.45) is -0.424. The lowest BCUT2D eigenvalue weighted by molar-refractivity contribution is 0.196. The minimum Gasteiger partial charge on any atom is -0.392 e. The van der Waals surface area contributed by atoms with Gasteiger partial charge >= 0.3 is 0 Å². The molecule has 2 unspecified atom stereocenters. The molecule has 0 saturated heterocycles. The van der Waals surface area contributed by atoms with Crippen molar-refractivity contribution >= 4 is 11.8 Å². The van der Waals surface area contributed by atoms with Crippen LogP contribution >= 0.6 is 11.8 Å². The van der Waals surface area contributed by atoms with Gasteiger partial charge in [0.2, 0.25) is 0 Å². The van der Waals surface area contributed by atoms with Crippen LogP contribution in [0.3, 0.4) is 0 Å². The van der Waals surface area contributed by atoms with Gasteiger partial charge in [0, 0.05) is 11.0 Å². The van der Waals surface area contributed by atoms with E-state index in [2.05, 4.69) is 0 Å². The summed E-state index contributed by atoms with van der Waals surface area (Å²) in [5, 5.41) is 18.0. The lowest BCUT2D eigenvalue weighted by Gasteiger charge is -2.14. The molecule has 0 fully saturated rings. The van der Waals surface area contributed by atoms with E-state index in [0.717, 1.165) is 0 Å². The number of aliphatic hydroxyl groups is 1. The molecule has 4 heteroatoms. The second-order valence-electron chi connectivity index (χ2n) is 3.65. The van der Waals surface area contributed by atoms with E-state index in [1.54, 1.807) is 19.1 Å². The minimum absolute atomic E-state index is 0.0464. The summed E-state index contributed by atoms with van der Waals surface area (Å²) < 4.78 is 13.6. The molecule has 0 saturated carbocycles. The van der Waals surface area contributed by atoms with Crippen LogP contribution < -0.4 is 0 Å².